The van der Waals surface area contributed by atoms with Crippen molar-refractivity contribution in [2.45, 2.75) is 38.6 Å². The predicted octanol–water partition coefficient (Wildman–Crippen LogP) is 4.06. The Morgan fingerprint density at radius 3 is 2.34 bits per heavy atom. The third-order valence-corrected chi connectivity index (χ3v) is 6.55. The van der Waals surface area contributed by atoms with Gasteiger partial charge in [0.05, 0.1) is 21.2 Å². The number of nitrogens with one attached hydrogen (secondary N) is 2. The number of benzene rings is 2. The average Bonchev–Trinajstić information content (AvgIpc) is 2.71. The second-order valence-electron chi connectivity index (χ2n) is 6.50. The van der Waals surface area contributed by atoms with E-state index in [2.05, 4.69) is 10.6 Å². The van der Waals surface area contributed by atoms with Crippen LogP contribution in [0.15, 0.2) is 47.4 Å². The minimum Gasteiger partial charge on any atom is -0.383 e. The highest BCUT2D eigenvalue weighted by Gasteiger charge is 2.22. The Balaban J connectivity index is 2.34. The van der Waals surface area contributed by atoms with E-state index in [-0.39, 0.29) is 10.6 Å². The topological polar surface area (TPSA) is 105 Å². The number of nitro benzene ring substituents is 1. The summed E-state index contributed by atoms with van der Waals surface area (Å²) in [6, 6.07) is 11.3. The second-order valence-corrected chi connectivity index (χ2v) is 8.44. The van der Waals surface area contributed by atoms with Crippen molar-refractivity contribution in [3.63, 3.8) is 0 Å². The molecule has 0 fully saturated rings. The SMILES string of the molecule is CCCNc1ccc(S(=O)(=O)N(CC)CC)cc1NCc1cccc([N+](=O)[O-])c1. The van der Waals surface area contributed by atoms with Gasteiger partial charge in [-0.2, -0.15) is 4.31 Å². The van der Waals surface area contributed by atoms with Crippen molar-refractivity contribution in [1.82, 2.24) is 4.31 Å². The molecule has 0 spiro atoms. The minimum absolute atomic E-state index is 0.0199. The molecule has 0 bridgehead atoms. The van der Waals surface area contributed by atoms with Crippen molar-refractivity contribution < 1.29 is 13.3 Å². The second kappa shape index (κ2) is 10.2. The van der Waals surface area contributed by atoms with Gasteiger partial charge in [0.15, 0.2) is 0 Å². The van der Waals surface area contributed by atoms with Gasteiger partial charge in [0.25, 0.3) is 5.69 Å². The predicted molar refractivity (Wildman–Crippen MR) is 116 cm³/mol. The lowest BCUT2D eigenvalue weighted by molar-refractivity contribution is -0.384. The van der Waals surface area contributed by atoms with Crippen molar-refractivity contribution in [3.8, 4) is 0 Å². The highest BCUT2D eigenvalue weighted by molar-refractivity contribution is 7.89. The Kier molecular flexibility index (Phi) is 7.98. The molecule has 29 heavy (non-hydrogen) atoms. The summed E-state index contributed by atoms with van der Waals surface area (Å²) in [6.45, 7) is 7.52. The van der Waals surface area contributed by atoms with Crippen LogP contribution in [0.2, 0.25) is 0 Å². The molecule has 2 aromatic carbocycles. The molecular weight excluding hydrogens is 392 g/mol. The van der Waals surface area contributed by atoms with Gasteiger partial charge in [0.1, 0.15) is 0 Å². The van der Waals surface area contributed by atoms with E-state index in [0.717, 1.165) is 24.2 Å². The lowest BCUT2D eigenvalue weighted by Crippen LogP contribution is -2.30. The number of nitro groups is 1. The largest absolute Gasteiger partial charge is 0.383 e. The number of anilines is 2. The van der Waals surface area contributed by atoms with Crippen LogP contribution in [-0.2, 0) is 16.6 Å². The zero-order valence-corrected chi connectivity index (χ0v) is 17.8. The number of rotatable bonds is 11. The molecule has 2 aromatic rings. The van der Waals surface area contributed by atoms with Gasteiger partial charge in [0.2, 0.25) is 10.0 Å². The molecule has 8 nitrogen and oxygen atoms in total. The maximum absolute atomic E-state index is 12.9. The number of hydrogen-bond donors (Lipinski definition) is 2. The summed E-state index contributed by atoms with van der Waals surface area (Å²) in [6.07, 6.45) is 0.920. The third kappa shape index (κ3) is 5.68. The maximum atomic E-state index is 12.9. The van der Waals surface area contributed by atoms with Crippen LogP contribution in [-0.4, -0.2) is 37.3 Å². The molecule has 0 aliphatic carbocycles. The van der Waals surface area contributed by atoms with E-state index < -0.39 is 14.9 Å². The number of sulfonamides is 1. The Hall–Kier alpha value is -2.65. The lowest BCUT2D eigenvalue weighted by atomic mass is 10.2. The highest BCUT2D eigenvalue weighted by atomic mass is 32.2. The standard InChI is InChI=1S/C20H28N4O4S/c1-4-12-21-19-11-10-18(29(27,28)23(5-2)6-3)14-20(19)22-15-16-8-7-9-17(13-16)24(25)26/h7-11,13-14,21-22H,4-6,12,15H2,1-3H3. The molecule has 2 N–H and O–H groups in total. The fourth-order valence-electron chi connectivity index (χ4n) is 2.93. The molecule has 0 atom stereocenters. The fourth-order valence-corrected chi connectivity index (χ4v) is 4.42. The Bertz CT molecular complexity index is 943. The summed E-state index contributed by atoms with van der Waals surface area (Å²) in [7, 11) is -3.59. The van der Waals surface area contributed by atoms with Crippen LogP contribution in [0.1, 0.15) is 32.8 Å². The highest BCUT2D eigenvalue weighted by Crippen LogP contribution is 2.28. The quantitative estimate of drug-likeness (QED) is 0.420. The molecule has 0 unspecified atom stereocenters. The zero-order valence-electron chi connectivity index (χ0n) is 17.0. The monoisotopic (exact) mass is 420 g/mol. The van der Waals surface area contributed by atoms with Crippen LogP contribution in [0.5, 0.6) is 0 Å². The van der Waals surface area contributed by atoms with Crippen LogP contribution >= 0.6 is 0 Å². The van der Waals surface area contributed by atoms with E-state index in [4.69, 9.17) is 0 Å². The Labute approximate surface area is 172 Å². The van der Waals surface area contributed by atoms with Crippen LogP contribution in [0.3, 0.4) is 0 Å². The summed E-state index contributed by atoms with van der Waals surface area (Å²) in [5, 5.41) is 17.5. The molecule has 0 radical (unpaired) electrons. The first-order valence-electron chi connectivity index (χ1n) is 9.68. The van der Waals surface area contributed by atoms with E-state index in [1.54, 1.807) is 44.2 Å². The van der Waals surface area contributed by atoms with E-state index >= 15 is 0 Å². The van der Waals surface area contributed by atoms with Crippen molar-refractivity contribution in [3.05, 3.63) is 58.1 Å². The molecule has 9 heteroatoms. The van der Waals surface area contributed by atoms with Crippen molar-refractivity contribution >= 4 is 27.1 Å². The first-order chi connectivity index (χ1) is 13.8. The normalized spacial score (nSPS) is 11.4. The van der Waals surface area contributed by atoms with Crippen LogP contribution in [0.4, 0.5) is 17.1 Å². The summed E-state index contributed by atoms with van der Waals surface area (Å²) in [5.74, 6) is 0. The minimum atomic E-state index is -3.59. The Morgan fingerprint density at radius 2 is 1.72 bits per heavy atom. The van der Waals surface area contributed by atoms with Gasteiger partial charge >= 0.3 is 0 Å². The molecule has 0 aliphatic rings. The summed E-state index contributed by atoms with van der Waals surface area (Å²) < 4.78 is 27.1. The lowest BCUT2D eigenvalue weighted by Gasteiger charge is -2.20. The van der Waals surface area contributed by atoms with Gasteiger partial charge in [-0.3, -0.25) is 10.1 Å². The first-order valence-corrected chi connectivity index (χ1v) is 11.1. The van der Waals surface area contributed by atoms with E-state index in [0.29, 0.717) is 25.3 Å². The van der Waals surface area contributed by atoms with Gasteiger partial charge < -0.3 is 10.6 Å². The molecule has 158 valence electrons. The molecule has 0 saturated carbocycles. The third-order valence-electron chi connectivity index (χ3n) is 4.50. The Morgan fingerprint density at radius 1 is 1.00 bits per heavy atom. The summed E-state index contributed by atoms with van der Waals surface area (Å²) in [5.41, 5.74) is 2.18. The smallest absolute Gasteiger partial charge is 0.269 e. The molecule has 2 rings (SSSR count). The van der Waals surface area contributed by atoms with E-state index in [9.17, 15) is 18.5 Å². The van der Waals surface area contributed by atoms with Crippen LogP contribution < -0.4 is 10.6 Å². The van der Waals surface area contributed by atoms with Gasteiger partial charge in [0, 0.05) is 38.3 Å². The van der Waals surface area contributed by atoms with Crippen molar-refractivity contribution in [1.29, 1.82) is 0 Å². The van der Waals surface area contributed by atoms with Gasteiger partial charge in [-0.25, -0.2) is 8.42 Å². The number of non-ortho nitro benzene ring substituents is 1. The molecule has 0 heterocycles. The maximum Gasteiger partial charge on any atom is 0.269 e. The van der Waals surface area contributed by atoms with E-state index in [1.807, 2.05) is 6.92 Å². The molecule has 0 aliphatic heterocycles. The van der Waals surface area contributed by atoms with Crippen molar-refractivity contribution in [2.75, 3.05) is 30.3 Å². The number of nitrogens with zero attached hydrogens (tertiary/aromatic N) is 2. The van der Waals surface area contributed by atoms with Gasteiger partial charge in [-0.05, 0) is 30.2 Å². The average molecular weight is 421 g/mol. The zero-order chi connectivity index (χ0) is 21.4. The molecular formula is C20H28N4O4S. The molecule has 0 saturated heterocycles. The van der Waals surface area contributed by atoms with E-state index in [1.165, 1.54) is 16.4 Å². The first kappa shape index (κ1) is 22.6. The van der Waals surface area contributed by atoms with Crippen LogP contribution in [0.25, 0.3) is 0 Å². The fraction of sp³-hybridized carbons (Fsp3) is 0.400. The summed E-state index contributed by atoms with van der Waals surface area (Å²) in [4.78, 5) is 10.8. The van der Waals surface area contributed by atoms with Crippen molar-refractivity contribution in [2.24, 2.45) is 0 Å². The van der Waals surface area contributed by atoms with Gasteiger partial charge in [-0.15, -0.1) is 0 Å². The summed E-state index contributed by atoms with van der Waals surface area (Å²) >= 11 is 0. The number of hydrogen-bond acceptors (Lipinski definition) is 6. The molecule has 0 aromatic heterocycles. The molecule has 0 amide bonds. The van der Waals surface area contributed by atoms with Crippen LogP contribution in [0, 0.1) is 10.1 Å². The van der Waals surface area contributed by atoms with Gasteiger partial charge in [-0.1, -0.05) is 32.9 Å².